The lowest BCUT2D eigenvalue weighted by molar-refractivity contribution is 0.269. The second kappa shape index (κ2) is 7.55. The molecule has 0 spiro atoms. The number of benzene rings is 2. The molecule has 0 aliphatic heterocycles. The summed E-state index contributed by atoms with van der Waals surface area (Å²) >= 11 is 5.85. The molecule has 110 valence electrons. The van der Waals surface area contributed by atoms with Gasteiger partial charge in [-0.2, -0.15) is 0 Å². The molecule has 1 N–H and O–H groups in total. The van der Waals surface area contributed by atoms with Gasteiger partial charge in [-0.15, -0.1) is 0 Å². The predicted molar refractivity (Wildman–Crippen MR) is 82.8 cm³/mol. The van der Waals surface area contributed by atoms with E-state index in [1.165, 1.54) is 6.21 Å². The van der Waals surface area contributed by atoms with Crippen LogP contribution in [0.3, 0.4) is 0 Å². The van der Waals surface area contributed by atoms with Crippen LogP contribution >= 0.6 is 11.6 Å². The van der Waals surface area contributed by atoms with E-state index in [1.807, 2.05) is 31.2 Å². The number of nitrogens with zero attached hydrogens (tertiary/aromatic N) is 1. The monoisotopic (exact) mass is 305 g/mol. The average Bonchev–Trinajstić information content (AvgIpc) is 2.49. The van der Waals surface area contributed by atoms with Crippen LogP contribution in [0.2, 0.25) is 5.02 Å². The highest BCUT2D eigenvalue weighted by Crippen LogP contribution is 2.29. The fraction of sp³-hybridized carbons (Fsp3) is 0.188. The molecule has 0 aromatic heterocycles. The zero-order chi connectivity index (χ0) is 15.1. The average molecular weight is 306 g/mol. The maximum atomic E-state index is 8.57. The minimum atomic E-state index is 0.421. The van der Waals surface area contributed by atoms with Crippen LogP contribution in [0.5, 0.6) is 11.5 Å². The summed E-state index contributed by atoms with van der Waals surface area (Å²) in [5, 5.41) is 12.3. The zero-order valence-corrected chi connectivity index (χ0v) is 12.4. The molecule has 0 aliphatic rings. The summed E-state index contributed by atoms with van der Waals surface area (Å²) in [6.07, 6.45) is 1.34. The molecule has 0 atom stereocenters. The molecule has 0 heterocycles. The molecule has 0 saturated heterocycles. The van der Waals surface area contributed by atoms with Gasteiger partial charge in [-0.05, 0) is 42.8 Å². The quantitative estimate of drug-likeness (QED) is 0.496. The normalized spacial score (nSPS) is 10.8. The Labute approximate surface area is 128 Å². The molecular weight excluding hydrogens is 290 g/mol. The third kappa shape index (κ3) is 4.39. The number of rotatable bonds is 6. The summed E-state index contributed by atoms with van der Waals surface area (Å²) in [6, 6.07) is 12.8. The van der Waals surface area contributed by atoms with Crippen LogP contribution in [0.15, 0.2) is 47.6 Å². The van der Waals surface area contributed by atoms with E-state index in [2.05, 4.69) is 5.16 Å². The van der Waals surface area contributed by atoms with Gasteiger partial charge in [-0.3, -0.25) is 0 Å². The van der Waals surface area contributed by atoms with Crippen molar-refractivity contribution in [2.45, 2.75) is 13.5 Å². The molecule has 2 rings (SSSR count). The van der Waals surface area contributed by atoms with Crippen molar-refractivity contribution in [2.75, 3.05) is 6.61 Å². The van der Waals surface area contributed by atoms with E-state index in [4.69, 9.17) is 26.3 Å². The van der Waals surface area contributed by atoms with Gasteiger partial charge >= 0.3 is 0 Å². The van der Waals surface area contributed by atoms with Gasteiger partial charge in [0.1, 0.15) is 6.61 Å². The standard InChI is InChI=1S/C16H16ClNO3/c1-2-20-16-9-13(10-18-19)5-8-15(16)21-11-12-3-6-14(17)7-4-12/h3-10,19H,2,11H2,1H3/b18-10+. The summed E-state index contributed by atoms with van der Waals surface area (Å²) in [7, 11) is 0. The molecule has 21 heavy (non-hydrogen) atoms. The van der Waals surface area contributed by atoms with Gasteiger partial charge in [0.05, 0.1) is 12.8 Å². The van der Waals surface area contributed by atoms with Crippen LogP contribution in [0, 0.1) is 0 Å². The van der Waals surface area contributed by atoms with Crippen molar-refractivity contribution in [3.05, 3.63) is 58.6 Å². The number of hydrogen-bond acceptors (Lipinski definition) is 4. The SMILES string of the molecule is CCOc1cc(/C=N/O)ccc1OCc1ccc(Cl)cc1. The van der Waals surface area contributed by atoms with E-state index in [1.54, 1.807) is 18.2 Å². The molecule has 2 aromatic carbocycles. The largest absolute Gasteiger partial charge is 0.490 e. The van der Waals surface area contributed by atoms with E-state index in [9.17, 15) is 0 Å². The molecule has 0 fully saturated rings. The van der Waals surface area contributed by atoms with Crippen LogP contribution in [0.4, 0.5) is 0 Å². The van der Waals surface area contributed by atoms with Gasteiger partial charge in [0.2, 0.25) is 0 Å². The smallest absolute Gasteiger partial charge is 0.161 e. The second-order valence-electron chi connectivity index (χ2n) is 4.30. The summed E-state index contributed by atoms with van der Waals surface area (Å²) in [5.41, 5.74) is 1.75. The zero-order valence-electron chi connectivity index (χ0n) is 11.6. The van der Waals surface area contributed by atoms with Crippen molar-refractivity contribution >= 4 is 17.8 Å². The Morgan fingerprint density at radius 1 is 1.10 bits per heavy atom. The first-order chi connectivity index (χ1) is 10.2. The lowest BCUT2D eigenvalue weighted by Crippen LogP contribution is -2.00. The van der Waals surface area contributed by atoms with Crippen molar-refractivity contribution in [1.82, 2.24) is 0 Å². The Kier molecular flexibility index (Phi) is 5.46. The maximum Gasteiger partial charge on any atom is 0.161 e. The van der Waals surface area contributed by atoms with Crippen molar-refractivity contribution in [2.24, 2.45) is 5.16 Å². The van der Waals surface area contributed by atoms with Gasteiger partial charge in [0, 0.05) is 10.6 Å². The Hall–Kier alpha value is -2.20. The van der Waals surface area contributed by atoms with E-state index in [0.717, 1.165) is 11.1 Å². The van der Waals surface area contributed by atoms with Gasteiger partial charge in [0.15, 0.2) is 11.5 Å². The van der Waals surface area contributed by atoms with Crippen molar-refractivity contribution in [3.63, 3.8) is 0 Å². The van der Waals surface area contributed by atoms with Crippen LogP contribution < -0.4 is 9.47 Å². The molecule has 0 unspecified atom stereocenters. The van der Waals surface area contributed by atoms with E-state index < -0.39 is 0 Å². The molecule has 0 saturated carbocycles. The third-order valence-corrected chi connectivity index (χ3v) is 3.03. The summed E-state index contributed by atoms with van der Waals surface area (Å²) < 4.78 is 11.3. The minimum Gasteiger partial charge on any atom is -0.490 e. The van der Waals surface area contributed by atoms with Gasteiger partial charge < -0.3 is 14.7 Å². The van der Waals surface area contributed by atoms with E-state index >= 15 is 0 Å². The highest BCUT2D eigenvalue weighted by atomic mass is 35.5. The van der Waals surface area contributed by atoms with Crippen LogP contribution in [-0.2, 0) is 6.61 Å². The highest BCUT2D eigenvalue weighted by molar-refractivity contribution is 6.30. The fourth-order valence-electron chi connectivity index (χ4n) is 1.80. The highest BCUT2D eigenvalue weighted by Gasteiger charge is 2.06. The Balaban J connectivity index is 2.12. The molecule has 0 amide bonds. The number of hydrogen-bond donors (Lipinski definition) is 1. The number of ether oxygens (including phenoxy) is 2. The van der Waals surface area contributed by atoms with Gasteiger partial charge in [-0.1, -0.05) is 28.9 Å². The molecule has 5 heteroatoms. The lowest BCUT2D eigenvalue weighted by atomic mass is 10.2. The fourth-order valence-corrected chi connectivity index (χ4v) is 1.93. The van der Waals surface area contributed by atoms with Crippen molar-refractivity contribution in [3.8, 4) is 11.5 Å². The summed E-state index contributed by atoms with van der Waals surface area (Å²) in [4.78, 5) is 0. The van der Waals surface area contributed by atoms with E-state index in [-0.39, 0.29) is 0 Å². The first kappa shape index (κ1) is 15.2. The predicted octanol–water partition coefficient (Wildman–Crippen LogP) is 4.13. The molecule has 0 radical (unpaired) electrons. The van der Waals surface area contributed by atoms with Crippen molar-refractivity contribution in [1.29, 1.82) is 0 Å². The molecular formula is C16H16ClNO3. The Morgan fingerprint density at radius 2 is 1.86 bits per heavy atom. The molecule has 0 bridgehead atoms. The molecule has 2 aromatic rings. The number of halogens is 1. The van der Waals surface area contributed by atoms with Gasteiger partial charge in [0.25, 0.3) is 0 Å². The van der Waals surface area contributed by atoms with Crippen LogP contribution in [-0.4, -0.2) is 18.0 Å². The van der Waals surface area contributed by atoms with Crippen LogP contribution in [0.1, 0.15) is 18.1 Å². The summed E-state index contributed by atoms with van der Waals surface area (Å²) in [5.74, 6) is 1.26. The molecule has 4 nitrogen and oxygen atoms in total. The second-order valence-corrected chi connectivity index (χ2v) is 4.74. The van der Waals surface area contributed by atoms with Crippen molar-refractivity contribution < 1.29 is 14.7 Å². The molecule has 0 aliphatic carbocycles. The minimum absolute atomic E-state index is 0.421. The first-order valence-electron chi connectivity index (χ1n) is 6.54. The number of oxime groups is 1. The third-order valence-electron chi connectivity index (χ3n) is 2.78. The van der Waals surface area contributed by atoms with Crippen LogP contribution in [0.25, 0.3) is 0 Å². The van der Waals surface area contributed by atoms with Gasteiger partial charge in [-0.25, -0.2) is 0 Å². The Morgan fingerprint density at radius 3 is 2.52 bits per heavy atom. The maximum absolute atomic E-state index is 8.57. The first-order valence-corrected chi connectivity index (χ1v) is 6.92. The summed E-state index contributed by atoms with van der Waals surface area (Å²) in [6.45, 7) is 2.84. The lowest BCUT2D eigenvalue weighted by Gasteiger charge is -2.12. The Bertz CT molecular complexity index is 611. The topological polar surface area (TPSA) is 51.0 Å². The van der Waals surface area contributed by atoms with E-state index in [0.29, 0.717) is 29.7 Å².